The van der Waals surface area contributed by atoms with Gasteiger partial charge in [0, 0.05) is 88.1 Å². The summed E-state index contributed by atoms with van der Waals surface area (Å²) in [5.74, 6) is 0.583. The van der Waals surface area contributed by atoms with Crippen molar-refractivity contribution in [3.8, 4) is 35.1 Å². The van der Waals surface area contributed by atoms with E-state index in [-0.39, 0.29) is 200 Å². The van der Waals surface area contributed by atoms with Crippen LogP contribution in [0.1, 0.15) is 367 Å². The summed E-state index contributed by atoms with van der Waals surface area (Å²) in [4.78, 5) is 0. The summed E-state index contributed by atoms with van der Waals surface area (Å²) >= 11 is 0. The molecule has 8 aromatic rings. The van der Waals surface area contributed by atoms with Gasteiger partial charge in [-0.1, -0.05) is 385 Å². The monoisotopic (exact) mass is 1850 g/mol. The second-order valence-corrected chi connectivity index (χ2v) is 39.3. The van der Waals surface area contributed by atoms with Crippen molar-refractivity contribution in [1.29, 1.82) is 10.5 Å². The third-order valence-corrected chi connectivity index (χ3v) is 20.1. The topological polar surface area (TPSA) is 403 Å². The number of hydrogen-bond acceptors (Lipinski definition) is 10. The Kier molecular flexibility index (Phi) is 62.9. The first kappa shape index (κ1) is 133. The molecule has 20 heteroatoms. The number of nitrogens with zero attached hydrogens (tertiary/aromatic N) is 2. The van der Waals surface area contributed by atoms with Gasteiger partial charge in [-0.05, 0) is 184 Å². The Bertz CT molecular complexity index is 3770. The van der Waals surface area contributed by atoms with Crippen LogP contribution >= 0.6 is 0 Å². The fourth-order valence-electron chi connectivity index (χ4n) is 13.2. The molecule has 0 amide bonds. The summed E-state index contributed by atoms with van der Waals surface area (Å²) in [6, 6.07) is 47.7. The summed E-state index contributed by atoms with van der Waals surface area (Å²) in [7, 11) is 0. The molecule has 0 heterocycles. The van der Waals surface area contributed by atoms with Gasteiger partial charge in [-0.2, -0.15) is 10.5 Å². The second-order valence-electron chi connectivity index (χ2n) is 39.3. The molecule has 0 spiro atoms. The predicted molar refractivity (Wildman–Crippen MR) is 469 cm³/mol. The zero-order chi connectivity index (χ0) is 87.0. The van der Waals surface area contributed by atoms with Gasteiger partial charge in [-0.3, -0.25) is 0 Å². The van der Waals surface area contributed by atoms with E-state index in [1.165, 1.54) is 58.4 Å². The molecular formula is C104H142N2O14V4-20. The standard InChI is InChI=1S/2C44H56O2.4C3H7O.2C2H3N.6O.4V/c2*1-41(2,3)35-19-27-13-28(20-35)16-32-24-38(44(10,11)12)26-34(40(32)46)18-30-14-29(21-36(22-30)42(4,5)6)17-33-25-37(43(7,8)9)23-31(15-27)39(33)45;4*1-2-3-4;2*1-2-3;;;;;;;;;;/h2*13-14,19-26,45-46H,15-18H2,1-12H3;4*2-3H2,1H3;2*1H3;;;;;;;;;;/q;;4*-1;;;6*-2;;;;/p-4. The smallest absolute Gasteiger partial charge is 0.0587 e. The van der Waals surface area contributed by atoms with Crippen LogP contribution in [0.5, 0.6) is 23.0 Å². The van der Waals surface area contributed by atoms with E-state index < -0.39 is 0 Å². The molecular weight excluding hydrogens is 1700 g/mol. The van der Waals surface area contributed by atoms with E-state index in [9.17, 15) is 40.9 Å². The van der Waals surface area contributed by atoms with Crippen molar-refractivity contribution in [2.45, 2.75) is 328 Å². The van der Waals surface area contributed by atoms with Crippen molar-refractivity contribution < 1.29 is 148 Å². The minimum atomic E-state index is -0.0904. The number of fused-ring (bicyclic) bond motifs is 16. The molecule has 692 valence electrons. The zero-order valence-electron chi connectivity index (χ0n) is 80.3. The maximum Gasteiger partial charge on any atom is 0.0587 e. The minimum absolute atomic E-state index is 0. The molecule has 8 aromatic carbocycles. The molecule has 0 aliphatic heterocycles. The number of hydrogen-bond donors (Lipinski definition) is 0. The Morgan fingerprint density at radius 1 is 0.218 bits per heavy atom. The molecule has 0 fully saturated rings. The first-order chi connectivity index (χ1) is 52.6. The maximum atomic E-state index is 14.3. The van der Waals surface area contributed by atoms with E-state index in [0.717, 1.165) is 115 Å². The predicted octanol–water partition coefficient (Wildman–Crippen LogP) is 18.8. The molecule has 0 N–H and O–H groups in total. The second kappa shape index (κ2) is 58.4. The average Bonchev–Trinajstić information content (AvgIpc) is 0.779. The molecule has 2 aliphatic rings. The van der Waals surface area contributed by atoms with Gasteiger partial charge in [0.05, 0.1) is 12.1 Å². The van der Waals surface area contributed by atoms with E-state index in [1.54, 1.807) is 12.1 Å². The molecule has 16 bridgehead atoms. The molecule has 0 saturated heterocycles. The SMILES string of the molecule is CC#N.CC#N.CC(C)(C)c1cc2cc(c1)Cc1cc(C(C)(C)C)cc(c1[O-])Cc1cc(cc(C(C)(C)C)c1)Cc1cc(C(C)(C)C)cc(c1[O-])C2.CC(C)(C)c1cc2cc(c1)Cc1cc(C(C)(C)C)cc(c1[O-])Cc1cc(cc(C(C)(C)C)c1)Cc1cc(C(C)(C)C)cc(c1[O-])C2.CCC[O-].CCC[O-].CCC[O-].CCC[O-].[O-2].[O-2].[O-2].[O-2].[O-2].[O-2].[V].[V].[V].[V]. The van der Waals surface area contributed by atoms with Crippen LogP contribution in [0.15, 0.2) is 121 Å². The minimum Gasteiger partial charge on any atom is -2.00 e. The summed E-state index contributed by atoms with van der Waals surface area (Å²) < 4.78 is 0. The van der Waals surface area contributed by atoms with Crippen molar-refractivity contribution >= 4 is 0 Å². The summed E-state index contributed by atoms with van der Waals surface area (Å²) in [5, 5.41) is 109. The van der Waals surface area contributed by atoms with Crippen molar-refractivity contribution in [2.75, 3.05) is 26.4 Å². The fourth-order valence-corrected chi connectivity index (χ4v) is 13.2. The van der Waals surface area contributed by atoms with Crippen LogP contribution in [0.25, 0.3) is 0 Å². The van der Waals surface area contributed by atoms with Crippen LogP contribution in [-0.4, -0.2) is 26.4 Å². The van der Waals surface area contributed by atoms with Crippen LogP contribution in [0.2, 0.25) is 0 Å². The summed E-state index contributed by atoms with van der Waals surface area (Å²) in [6.45, 7) is 64.1. The maximum absolute atomic E-state index is 14.3. The van der Waals surface area contributed by atoms with Gasteiger partial charge in [0.25, 0.3) is 0 Å². The van der Waals surface area contributed by atoms with Gasteiger partial charge in [0.15, 0.2) is 0 Å². The van der Waals surface area contributed by atoms with E-state index in [0.29, 0.717) is 51.4 Å². The Labute approximate surface area is 796 Å². The largest absolute Gasteiger partial charge is 2.00 e. The van der Waals surface area contributed by atoms with E-state index in [2.05, 4.69) is 287 Å². The Morgan fingerprint density at radius 2 is 0.298 bits per heavy atom. The molecule has 0 atom stereocenters. The van der Waals surface area contributed by atoms with Crippen LogP contribution in [0.3, 0.4) is 0 Å². The van der Waals surface area contributed by atoms with Crippen LogP contribution < -0.4 is 40.9 Å². The normalized spacial score (nSPS) is 11.7. The Morgan fingerprint density at radius 3 is 0.371 bits per heavy atom. The van der Waals surface area contributed by atoms with Crippen LogP contribution in [0, 0.1) is 22.7 Å². The van der Waals surface area contributed by atoms with Gasteiger partial charge in [-0.15, -0.1) is 49.4 Å². The Hall–Kier alpha value is -6.12. The van der Waals surface area contributed by atoms with Gasteiger partial charge >= 0.3 is 0 Å². The van der Waals surface area contributed by atoms with E-state index in [1.807, 2.05) is 27.7 Å². The average molecular weight is 1850 g/mol. The van der Waals surface area contributed by atoms with Gasteiger partial charge in [0.2, 0.25) is 0 Å². The third kappa shape index (κ3) is 42.4. The van der Waals surface area contributed by atoms with Gasteiger partial charge < -0.3 is 73.7 Å². The zero-order valence-corrected chi connectivity index (χ0v) is 85.8. The number of rotatable bonds is 4. The third-order valence-electron chi connectivity index (χ3n) is 20.1. The quantitative estimate of drug-likeness (QED) is 0.160. The van der Waals surface area contributed by atoms with Gasteiger partial charge in [-0.25, -0.2) is 0 Å². The first-order valence-electron chi connectivity index (χ1n) is 41.5. The number of nitriles is 2. The Balaban J connectivity index is -0.000000274. The van der Waals surface area contributed by atoms with Crippen molar-refractivity contribution in [3.63, 3.8) is 0 Å². The molecule has 0 unspecified atom stereocenters. The molecule has 0 saturated carbocycles. The molecule has 10 rings (SSSR count). The van der Waals surface area contributed by atoms with Gasteiger partial charge in [0.1, 0.15) is 0 Å². The molecule has 124 heavy (non-hydrogen) atoms. The van der Waals surface area contributed by atoms with Crippen LogP contribution in [0.4, 0.5) is 0 Å². The molecule has 2 aliphatic carbocycles. The van der Waals surface area contributed by atoms with E-state index >= 15 is 0 Å². The van der Waals surface area contributed by atoms with Crippen LogP contribution in [-0.2, 0) is 202 Å². The number of benzene rings is 8. The fraction of sp³-hybridized carbons (Fsp3) is 0.519. The van der Waals surface area contributed by atoms with E-state index in [4.69, 9.17) is 10.5 Å². The summed E-state index contributed by atoms with van der Waals surface area (Å²) in [5.41, 5.74) is 24.8. The molecule has 4 radical (unpaired) electrons. The van der Waals surface area contributed by atoms with Crippen molar-refractivity contribution in [2.24, 2.45) is 0 Å². The van der Waals surface area contributed by atoms with Crippen molar-refractivity contribution in [3.05, 3.63) is 255 Å². The molecule has 16 nitrogen and oxygen atoms in total. The van der Waals surface area contributed by atoms with Crippen molar-refractivity contribution in [1.82, 2.24) is 0 Å². The first-order valence-corrected chi connectivity index (χ1v) is 41.5. The summed E-state index contributed by atoms with van der Waals surface area (Å²) in [6.07, 6.45) is 7.59. The molecule has 0 aromatic heterocycles.